The summed E-state index contributed by atoms with van der Waals surface area (Å²) in [5.74, 6) is 0.0942. The van der Waals surface area contributed by atoms with Crippen molar-refractivity contribution in [2.45, 2.75) is 110 Å². The van der Waals surface area contributed by atoms with Crippen LogP contribution in [0.3, 0.4) is 0 Å². The van der Waals surface area contributed by atoms with E-state index in [0.29, 0.717) is 11.6 Å². The fourth-order valence-electron chi connectivity index (χ4n) is 3.71. The molecule has 0 aliphatic rings. The zero-order valence-electron chi connectivity index (χ0n) is 18.8. The van der Waals surface area contributed by atoms with Crippen molar-refractivity contribution in [3.63, 3.8) is 0 Å². The van der Waals surface area contributed by atoms with Crippen LogP contribution >= 0.6 is 22.7 Å². The third-order valence-electron chi connectivity index (χ3n) is 5.53. The van der Waals surface area contributed by atoms with Gasteiger partial charge < -0.3 is 5.32 Å². The molecule has 5 heteroatoms. The Bertz CT molecular complexity index is 667. The molecule has 0 fully saturated rings. The average molecular weight is 449 g/mol. The van der Waals surface area contributed by atoms with Crippen LogP contribution in [0.4, 0.5) is 5.13 Å². The lowest BCUT2D eigenvalue weighted by Crippen LogP contribution is -2.10. The maximum Gasteiger partial charge on any atom is 0.226 e. The van der Waals surface area contributed by atoms with Crippen molar-refractivity contribution in [2.75, 3.05) is 5.32 Å². The van der Waals surface area contributed by atoms with E-state index in [1.54, 1.807) is 11.3 Å². The highest BCUT2D eigenvalue weighted by Gasteiger charge is 2.08. The minimum Gasteiger partial charge on any atom is -0.302 e. The second-order valence-corrected chi connectivity index (χ2v) is 10.1. The van der Waals surface area contributed by atoms with Crippen molar-refractivity contribution < 1.29 is 4.79 Å². The Morgan fingerprint density at radius 2 is 1.40 bits per heavy atom. The van der Waals surface area contributed by atoms with E-state index in [0.717, 1.165) is 23.4 Å². The number of carbonyl (C=O) groups excluding carboxylic acids is 1. The third-order valence-corrected chi connectivity index (χ3v) is 7.18. The lowest BCUT2D eigenvalue weighted by Gasteiger charge is -2.04. The lowest BCUT2D eigenvalue weighted by atomic mass is 10.0. The standard InChI is InChI=1S/C25H40N2OS2/c1-2-3-4-5-6-7-8-9-10-11-12-13-14-15-16-19-24(28)27-25-26-22(21-30-25)23-18-17-20-29-23/h17-18,20-21H,2-16,19H2,1H3,(H,26,27,28). The largest absolute Gasteiger partial charge is 0.302 e. The van der Waals surface area contributed by atoms with Gasteiger partial charge in [-0.3, -0.25) is 4.79 Å². The Labute approximate surface area is 191 Å². The van der Waals surface area contributed by atoms with Crippen LogP contribution in [-0.4, -0.2) is 10.9 Å². The van der Waals surface area contributed by atoms with Crippen molar-refractivity contribution in [3.8, 4) is 10.6 Å². The number of anilines is 1. The van der Waals surface area contributed by atoms with Crippen molar-refractivity contribution in [1.29, 1.82) is 0 Å². The molecule has 2 aromatic heterocycles. The summed E-state index contributed by atoms with van der Waals surface area (Å²) in [6.07, 6.45) is 20.8. The molecule has 0 unspecified atom stereocenters. The zero-order valence-corrected chi connectivity index (χ0v) is 20.4. The number of hydrogen-bond donors (Lipinski definition) is 1. The van der Waals surface area contributed by atoms with E-state index in [9.17, 15) is 4.79 Å². The van der Waals surface area contributed by atoms with Crippen LogP contribution in [0.1, 0.15) is 110 Å². The first-order chi connectivity index (χ1) is 14.8. The Balaban J connectivity index is 1.36. The van der Waals surface area contributed by atoms with E-state index in [-0.39, 0.29) is 5.91 Å². The molecule has 1 amide bonds. The number of nitrogens with one attached hydrogen (secondary N) is 1. The highest BCUT2D eigenvalue weighted by Crippen LogP contribution is 2.28. The Hall–Kier alpha value is -1.20. The van der Waals surface area contributed by atoms with Crippen LogP contribution in [0.15, 0.2) is 22.9 Å². The molecule has 0 saturated carbocycles. The van der Waals surface area contributed by atoms with Crippen LogP contribution in [0.25, 0.3) is 10.6 Å². The lowest BCUT2D eigenvalue weighted by molar-refractivity contribution is -0.116. The summed E-state index contributed by atoms with van der Waals surface area (Å²) in [5, 5.41) is 7.71. The highest BCUT2D eigenvalue weighted by atomic mass is 32.1. The Morgan fingerprint density at radius 1 is 0.833 bits per heavy atom. The number of rotatable bonds is 18. The SMILES string of the molecule is CCCCCCCCCCCCCCCCCC(=O)Nc1nc(-c2cccs2)cs1. The van der Waals surface area contributed by atoms with Gasteiger partial charge in [0.1, 0.15) is 0 Å². The molecule has 0 atom stereocenters. The molecule has 2 aromatic rings. The molecular formula is C25H40N2OS2. The summed E-state index contributed by atoms with van der Waals surface area (Å²) >= 11 is 3.18. The van der Waals surface area contributed by atoms with Gasteiger partial charge in [0.05, 0.1) is 10.6 Å². The maximum absolute atomic E-state index is 12.1. The van der Waals surface area contributed by atoms with Crippen LogP contribution < -0.4 is 5.32 Å². The molecule has 0 aliphatic heterocycles. The summed E-state index contributed by atoms with van der Waals surface area (Å²) in [6.45, 7) is 2.28. The fraction of sp³-hybridized carbons (Fsp3) is 0.680. The minimum absolute atomic E-state index is 0.0942. The van der Waals surface area contributed by atoms with E-state index in [1.807, 2.05) is 16.8 Å². The first-order valence-corrected chi connectivity index (χ1v) is 13.8. The second kappa shape index (κ2) is 16.5. The van der Waals surface area contributed by atoms with E-state index in [2.05, 4.69) is 23.3 Å². The predicted octanol–water partition coefficient (Wildman–Crippen LogP) is 9.07. The smallest absolute Gasteiger partial charge is 0.226 e. The first-order valence-electron chi connectivity index (χ1n) is 12.1. The van der Waals surface area contributed by atoms with Gasteiger partial charge in [0.2, 0.25) is 5.91 Å². The van der Waals surface area contributed by atoms with Crippen molar-refractivity contribution in [1.82, 2.24) is 4.98 Å². The molecule has 3 nitrogen and oxygen atoms in total. The summed E-state index contributed by atoms with van der Waals surface area (Å²) in [6, 6.07) is 4.08. The number of thiophene rings is 1. The molecule has 0 radical (unpaired) electrons. The van der Waals surface area contributed by atoms with E-state index in [1.165, 1.54) is 94.8 Å². The number of unbranched alkanes of at least 4 members (excludes halogenated alkanes) is 14. The van der Waals surface area contributed by atoms with Crippen LogP contribution in [0, 0.1) is 0 Å². The van der Waals surface area contributed by atoms with Gasteiger partial charge in [-0.05, 0) is 17.9 Å². The number of aromatic nitrogens is 1. The molecule has 2 rings (SSSR count). The normalized spacial score (nSPS) is 11.1. The van der Waals surface area contributed by atoms with Gasteiger partial charge in [0.25, 0.3) is 0 Å². The number of carbonyl (C=O) groups is 1. The van der Waals surface area contributed by atoms with Gasteiger partial charge in [-0.25, -0.2) is 4.98 Å². The summed E-state index contributed by atoms with van der Waals surface area (Å²) in [7, 11) is 0. The van der Waals surface area contributed by atoms with E-state index >= 15 is 0 Å². The summed E-state index contributed by atoms with van der Waals surface area (Å²) < 4.78 is 0. The quantitative estimate of drug-likeness (QED) is 0.231. The van der Waals surface area contributed by atoms with Gasteiger partial charge in [0.15, 0.2) is 5.13 Å². The molecule has 0 spiro atoms. The molecule has 0 saturated heterocycles. The minimum atomic E-state index is 0.0942. The molecule has 30 heavy (non-hydrogen) atoms. The average Bonchev–Trinajstić information content (AvgIpc) is 3.43. The molecular weight excluding hydrogens is 408 g/mol. The molecule has 0 aromatic carbocycles. The highest BCUT2D eigenvalue weighted by molar-refractivity contribution is 7.16. The molecule has 168 valence electrons. The third kappa shape index (κ3) is 11.3. The first kappa shape index (κ1) is 25.1. The van der Waals surface area contributed by atoms with E-state index in [4.69, 9.17) is 0 Å². The topological polar surface area (TPSA) is 42.0 Å². The fourth-order valence-corrected chi connectivity index (χ4v) is 5.19. The Morgan fingerprint density at radius 3 is 1.93 bits per heavy atom. The zero-order chi connectivity index (χ0) is 21.3. The van der Waals surface area contributed by atoms with Crippen molar-refractivity contribution in [2.24, 2.45) is 0 Å². The molecule has 2 heterocycles. The van der Waals surface area contributed by atoms with Crippen molar-refractivity contribution >= 4 is 33.7 Å². The second-order valence-electron chi connectivity index (χ2n) is 8.26. The summed E-state index contributed by atoms with van der Waals surface area (Å²) in [4.78, 5) is 17.8. The maximum atomic E-state index is 12.1. The van der Waals surface area contributed by atoms with Crippen LogP contribution in [0.2, 0.25) is 0 Å². The number of hydrogen-bond acceptors (Lipinski definition) is 4. The van der Waals surface area contributed by atoms with E-state index < -0.39 is 0 Å². The monoisotopic (exact) mass is 448 g/mol. The van der Waals surface area contributed by atoms with Gasteiger partial charge in [-0.15, -0.1) is 22.7 Å². The number of amides is 1. The van der Waals surface area contributed by atoms with Gasteiger partial charge >= 0.3 is 0 Å². The molecule has 0 bridgehead atoms. The predicted molar refractivity (Wildman–Crippen MR) is 134 cm³/mol. The summed E-state index contributed by atoms with van der Waals surface area (Å²) in [5.41, 5.74) is 0.956. The van der Waals surface area contributed by atoms with Gasteiger partial charge in [0, 0.05) is 11.8 Å². The van der Waals surface area contributed by atoms with Crippen LogP contribution in [-0.2, 0) is 4.79 Å². The number of nitrogens with zero attached hydrogens (tertiary/aromatic N) is 1. The van der Waals surface area contributed by atoms with Crippen molar-refractivity contribution in [3.05, 3.63) is 22.9 Å². The molecule has 0 aliphatic carbocycles. The number of thiazole rings is 1. The van der Waals surface area contributed by atoms with Gasteiger partial charge in [-0.1, -0.05) is 103 Å². The van der Waals surface area contributed by atoms with Gasteiger partial charge in [-0.2, -0.15) is 0 Å². The molecule has 1 N–H and O–H groups in total. The Kier molecular flexibility index (Phi) is 13.8. The van der Waals surface area contributed by atoms with Crippen LogP contribution in [0.5, 0.6) is 0 Å².